The second-order valence-electron chi connectivity index (χ2n) is 4.36. The highest BCUT2D eigenvalue weighted by molar-refractivity contribution is 6.37. The number of nitrogens with two attached hydrogens (primary N) is 1. The van der Waals surface area contributed by atoms with E-state index in [1.807, 2.05) is 43.3 Å². The third-order valence-corrected chi connectivity index (χ3v) is 3.27. The summed E-state index contributed by atoms with van der Waals surface area (Å²) in [6, 6.07) is 9.46. The minimum Gasteiger partial charge on any atom is -0.378 e. The van der Waals surface area contributed by atoms with Gasteiger partial charge in [0.15, 0.2) is 11.6 Å². The number of pyridine rings is 1. The van der Waals surface area contributed by atoms with E-state index in [1.165, 1.54) is 0 Å². The molecule has 7 heteroatoms. The maximum Gasteiger partial charge on any atom is 0.161 e. The summed E-state index contributed by atoms with van der Waals surface area (Å²) in [4.78, 5) is 6.24. The van der Waals surface area contributed by atoms with Crippen LogP contribution in [0.15, 0.2) is 30.3 Å². The molecule has 2 rings (SSSR count). The third-order valence-electron chi connectivity index (χ3n) is 2.69. The van der Waals surface area contributed by atoms with Crippen LogP contribution < -0.4 is 21.5 Å². The maximum atomic E-state index is 6.12. The van der Waals surface area contributed by atoms with E-state index in [9.17, 15) is 0 Å². The molecule has 1 aromatic carbocycles. The first-order valence-corrected chi connectivity index (χ1v) is 6.64. The highest BCUT2D eigenvalue weighted by Gasteiger charge is 2.09. The first kappa shape index (κ1) is 14.7. The Hall–Kier alpha value is -1.69. The Balaban J connectivity index is 2.32. The van der Waals surface area contributed by atoms with Gasteiger partial charge in [-0.25, -0.2) is 10.8 Å². The number of rotatable bonds is 4. The lowest BCUT2D eigenvalue weighted by molar-refractivity contribution is 1.13. The number of aromatic nitrogens is 1. The fourth-order valence-corrected chi connectivity index (χ4v) is 2.11. The normalized spacial score (nSPS) is 10.2. The summed E-state index contributed by atoms with van der Waals surface area (Å²) in [5.74, 6) is 6.20. The van der Waals surface area contributed by atoms with Gasteiger partial charge in [-0.1, -0.05) is 29.3 Å². The van der Waals surface area contributed by atoms with E-state index in [2.05, 4.69) is 15.7 Å². The Kier molecular flexibility index (Phi) is 4.54. The van der Waals surface area contributed by atoms with Crippen LogP contribution in [-0.2, 0) is 0 Å². The van der Waals surface area contributed by atoms with Crippen LogP contribution >= 0.6 is 23.2 Å². The van der Waals surface area contributed by atoms with Crippen LogP contribution in [0.4, 0.5) is 23.0 Å². The highest BCUT2D eigenvalue weighted by atomic mass is 35.5. The lowest BCUT2D eigenvalue weighted by Crippen LogP contribution is -2.10. The SMILES string of the molecule is CN(C)c1cccc(Nc2nc(NN)c(Cl)cc2Cl)c1. The fourth-order valence-electron chi connectivity index (χ4n) is 1.65. The fraction of sp³-hybridized carbons (Fsp3) is 0.154. The van der Waals surface area contributed by atoms with Crippen molar-refractivity contribution in [1.29, 1.82) is 0 Å². The molecular formula is C13H15Cl2N5. The molecule has 0 radical (unpaired) electrons. The second kappa shape index (κ2) is 6.17. The van der Waals surface area contributed by atoms with Crippen molar-refractivity contribution in [3.8, 4) is 0 Å². The van der Waals surface area contributed by atoms with Crippen LogP contribution in [0.25, 0.3) is 0 Å². The van der Waals surface area contributed by atoms with E-state index in [0.717, 1.165) is 11.4 Å². The van der Waals surface area contributed by atoms with E-state index < -0.39 is 0 Å². The molecule has 20 heavy (non-hydrogen) atoms. The maximum absolute atomic E-state index is 6.12. The molecule has 0 unspecified atom stereocenters. The van der Waals surface area contributed by atoms with Crippen LogP contribution in [0, 0.1) is 0 Å². The molecule has 0 amide bonds. The Labute approximate surface area is 127 Å². The molecule has 0 bridgehead atoms. The minimum atomic E-state index is 0.363. The molecule has 0 aliphatic carbocycles. The number of hydrogen-bond acceptors (Lipinski definition) is 5. The quantitative estimate of drug-likeness (QED) is 0.596. The molecule has 4 N–H and O–H groups in total. The number of nitrogen functional groups attached to an aromatic ring is 1. The van der Waals surface area contributed by atoms with Crippen molar-refractivity contribution in [2.75, 3.05) is 29.7 Å². The van der Waals surface area contributed by atoms with Gasteiger partial charge in [-0.3, -0.25) is 0 Å². The summed E-state index contributed by atoms with van der Waals surface area (Å²) in [5, 5.41) is 3.93. The molecule has 0 saturated heterocycles. The number of hydrazine groups is 1. The highest BCUT2D eigenvalue weighted by Crippen LogP contribution is 2.31. The van der Waals surface area contributed by atoms with Gasteiger partial charge in [0.25, 0.3) is 0 Å². The van der Waals surface area contributed by atoms with Crippen molar-refractivity contribution in [3.63, 3.8) is 0 Å². The van der Waals surface area contributed by atoms with Crippen LogP contribution in [0.3, 0.4) is 0 Å². The van der Waals surface area contributed by atoms with Crippen molar-refractivity contribution in [2.24, 2.45) is 5.84 Å². The topological polar surface area (TPSA) is 66.2 Å². The molecule has 1 heterocycles. The predicted octanol–water partition coefficient (Wildman–Crippen LogP) is 3.48. The molecule has 0 aliphatic heterocycles. The lowest BCUT2D eigenvalue weighted by Gasteiger charge is -2.15. The summed E-state index contributed by atoms with van der Waals surface area (Å²) in [6.07, 6.45) is 0. The Bertz CT molecular complexity index is 616. The number of nitrogens with one attached hydrogen (secondary N) is 2. The van der Waals surface area contributed by atoms with Gasteiger partial charge in [0.2, 0.25) is 0 Å². The van der Waals surface area contributed by atoms with E-state index in [1.54, 1.807) is 6.07 Å². The molecular weight excluding hydrogens is 297 g/mol. The Morgan fingerprint density at radius 2 is 1.80 bits per heavy atom. The van der Waals surface area contributed by atoms with E-state index in [-0.39, 0.29) is 0 Å². The smallest absolute Gasteiger partial charge is 0.161 e. The molecule has 0 spiro atoms. The summed E-state index contributed by atoms with van der Waals surface area (Å²) >= 11 is 12.1. The Morgan fingerprint density at radius 1 is 1.10 bits per heavy atom. The standard InChI is InChI=1S/C13H15Cl2N5/c1-20(2)9-5-3-4-8(6-9)17-12-10(14)7-11(15)13(18-12)19-16/h3-7H,16H2,1-2H3,(H2,17,18,19). The molecule has 0 aliphatic rings. The van der Waals surface area contributed by atoms with Crippen molar-refractivity contribution < 1.29 is 0 Å². The number of anilines is 4. The Morgan fingerprint density at radius 3 is 2.45 bits per heavy atom. The largest absolute Gasteiger partial charge is 0.378 e. The van der Waals surface area contributed by atoms with Crippen LogP contribution in [0.2, 0.25) is 10.0 Å². The number of hydrogen-bond donors (Lipinski definition) is 3. The number of halogens is 2. The van der Waals surface area contributed by atoms with E-state index >= 15 is 0 Å². The summed E-state index contributed by atoms with van der Waals surface area (Å²) in [6.45, 7) is 0. The van der Waals surface area contributed by atoms with Gasteiger partial charge in [0, 0.05) is 25.5 Å². The summed E-state index contributed by atoms with van der Waals surface area (Å²) < 4.78 is 0. The van der Waals surface area contributed by atoms with Crippen LogP contribution in [0.1, 0.15) is 0 Å². The molecule has 0 fully saturated rings. The average Bonchev–Trinajstić information content (AvgIpc) is 2.42. The summed E-state index contributed by atoms with van der Waals surface area (Å²) in [7, 11) is 3.95. The minimum absolute atomic E-state index is 0.363. The van der Waals surface area contributed by atoms with Crippen molar-refractivity contribution in [2.45, 2.75) is 0 Å². The van der Waals surface area contributed by atoms with Gasteiger partial charge in [0.05, 0.1) is 10.0 Å². The van der Waals surface area contributed by atoms with Gasteiger partial charge in [-0.15, -0.1) is 0 Å². The molecule has 1 aromatic heterocycles. The average molecular weight is 312 g/mol. The van der Waals surface area contributed by atoms with E-state index in [0.29, 0.717) is 21.7 Å². The molecule has 0 atom stereocenters. The molecule has 2 aromatic rings. The van der Waals surface area contributed by atoms with Gasteiger partial charge < -0.3 is 15.6 Å². The van der Waals surface area contributed by atoms with Crippen molar-refractivity contribution in [1.82, 2.24) is 4.98 Å². The van der Waals surface area contributed by atoms with E-state index in [4.69, 9.17) is 29.0 Å². The lowest BCUT2D eigenvalue weighted by atomic mass is 10.2. The van der Waals surface area contributed by atoms with Crippen LogP contribution in [-0.4, -0.2) is 19.1 Å². The predicted molar refractivity (Wildman–Crippen MR) is 86.1 cm³/mol. The zero-order valence-electron chi connectivity index (χ0n) is 11.1. The molecule has 5 nitrogen and oxygen atoms in total. The third kappa shape index (κ3) is 3.25. The van der Waals surface area contributed by atoms with Gasteiger partial charge in [-0.05, 0) is 24.3 Å². The first-order chi connectivity index (χ1) is 9.51. The van der Waals surface area contributed by atoms with Crippen LogP contribution in [0.5, 0.6) is 0 Å². The summed E-state index contributed by atoms with van der Waals surface area (Å²) in [5.41, 5.74) is 4.37. The zero-order chi connectivity index (χ0) is 14.7. The first-order valence-electron chi connectivity index (χ1n) is 5.88. The van der Waals surface area contributed by atoms with Gasteiger partial charge in [0.1, 0.15) is 0 Å². The number of nitrogens with zero attached hydrogens (tertiary/aromatic N) is 2. The zero-order valence-corrected chi connectivity index (χ0v) is 12.6. The molecule has 0 saturated carbocycles. The number of benzene rings is 1. The van der Waals surface area contributed by atoms with Gasteiger partial charge >= 0.3 is 0 Å². The van der Waals surface area contributed by atoms with Gasteiger partial charge in [-0.2, -0.15) is 0 Å². The van der Waals surface area contributed by atoms with Crippen molar-refractivity contribution >= 4 is 46.2 Å². The molecule has 106 valence electrons. The monoisotopic (exact) mass is 311 g/mol. The second-order valence-corrected chi connectivity index (χ2v) is 5.18. The van der Waals surface area contributed by atoms with Crippen molar-refractivity contribution in [3.05, 3.63) is 40.4 Å².